The van der Waals surface area contributed by atoms with Gasteiger partial charge < -0.3 is 4.52 Å². The Bertz CT molecular complexity index is 616. The molecule has 98 valence electrons. The van der Waals surface area contributed by atoms with Crippen molar-refractivity contribution in [2.24, 2.45) is 0 Å². The van der Waals surface area contributed by atoms with Crippen LogP contribution in [0.25, 0.3) is 10.8 Å². The minimum Gasteiger partial charge on any atom is -0.333 e. The summed E-state index contributed by atoms with van der Waals surface area (Å²) >= 11 is 5.28. The molecule has 4 nitrogen and oxygen atoms in total. The van der Waals surface area contributed by atoms with Crippen LogP contribution in [-0.2, 0) is 0 Å². The second-order valence-corrected chi connectivity index (χ2v) is 7.75. The van der Waals surface area contributed by atoms with Gasteiger partial charge in [0.05, 0.1) is 10.8 Å². The maximum absolute atomic E-state index is 9.03. The Kier molecular flexibility index (Phi) is 3.82. The van der Waals surface area contributed by atoms with E-state index in [0.29, 0.717) is 16.7 Å². The highest BCUT2D eigenvalue weighted by Gasteiger charge is 2.29. The fourth-order valence-electron chi connectivity index (χ4n) is 1.92. The molecule has 0 radical (unpaired) electrons. The van der Waals surface area contributed by atoms with Crippen LogP contribution >= 0.6 is 34.9 Å². The van der Waals surface area contributed by atoms with Crippen LogP contribution in [0.2, 0.25) is 0 Å². The molecule has 19 heavy (non-hydrogen) atoms. The molecule has 3 rings (SSSR count). The van der Waals surface area contributed by atoms with Crippen LogP contribution in [0.3, 0.4) is 0 Å². The summed E-state index contributed by atoms with van der Waals surface area (Å²) in [6, 6.07) is 3.92. The van der Waals surface area contributed by atoms with Gasteiger partial charge in [-0.05, 0) is 11.4 Å². The largest absolute Gasteiger partial charge is 0.333 e. The fraction of sp³-hybridized carbons (Fsp3) is 0.417. The summed E-state index contributed by atoms with van der Waals surface area (Å²) in [6.45, 7) is 2.20. The van der Waals surface area contributed by atoms with Gasteiger partial charge in [-0.2, -0.15) is 22.0 Å². The third kappa shape index (κ3) is 2.53. The summed E-state index contributed by atoms with van der Waals surface area (Å²) in [5.41, 5.74) is 0.596. The van der Waals surface area contributed by atoms with E-state index in [1.54, 1.807) is 6.07 Å². The highest BCUT2D eigenvalue weighted by molar-refractivity contribution is 8.06. The highest BCUT2D eigenvalue weighted by atomic mass is 32.2. The molecule has 2 atom stereocenters. The predicted octanol–water partition coefficient (Wildman–Crippen LogP) is 3.58. The fourth-order valence-corrected chi connectivity index (χ4v) is 5.37. The highest BCUT2D eigenvalue weighted by Crippen LogP contribution is 2.41. The van der Waals surface area contributed by atoms with Gasteiger partial charge in [0.1, 0.15) is 10.9 Å². The van der Waals surface area contributed by atoms with Gasteiger partial charge in [0.2, 0.25) is 0 Å². The van der Waals surface area contributed by atoms with Crippen LogP contribution in [0, 0.1) is 11.3 Å². The molecule has 0 aromatic carbocycles. The molecule has 1 saturated heterocycles. The SMILES string of the molecule is CC1SCCSC1c1noc(-c2sccc2C#N)n1. The molecule has 0 N–H and O–H groups in total. The molecule has 2 unspecified atom stereocenters. The van der Waals surface area contributed by atoms with E-state index in [1.165, 1.54) is 17.1 Å². The van der Waals surface area contributed by atoms with Crippen LogP contribution in [0.5, 0.6) is 0 Å². The number of hydrogen-bond donors (Lipinski definition) is 0. The predicted molar refractivity (Wildman–Crippen MR) is 79.4 cm³/mol. The van der Waals surface area contributed by atoms with Gasteiger partial charge in [-0.1, -0.05) is 12.1 Å². The molecule has 7 heteroatoms. The Morgan fingerprint density at radius 2 is 2.26 bits per heavy atom. The average Bonchev–Trinajstić information content (AvgIpc) is 3.07. The molecule has 2 aromatic heterocycles. The minimum absolute atomic E-state index is 0.279. The standard InChI is InChI=1S/C12H11N3OS3/c1-7-9(19-5-4-17-7)11-14-12(16-15-11)10-8(6-13)2-3-18-10/h2-3,7,9H,4-5H2,1H3. The first-order valence-corrected chi connectivity index (χ1v) is 8.82. The lowest BCUT2D eigenvalue weighted by molar-refractivity contribution is 0.422. The van der Waals surface area contributed by atoms with Gasteiger partial charge in [-0.25, -0.2) is 0 Å². The summed E-state index contributed by atoms with van der Waals surface area (Å²) in [7, 11) is 0. The molecule has 1 aliphatic rings. The third-order valence-corrected chi connectivity index (χ3v) is 6.85. The Balaban J connectivity index is 1.89. The van der Waals surface area contributed by atoms with E-state index < -0.39 is 0 Å². The minimum atomic E-state index is 0.279. The van der Waals surface area contributed by atoms with E-state index >= 15 is 0 Å². The quantitative estimate of drug-likeness (QED) is 0.845. The van der Waals surface area contributed by atoms with Crippen molar-refractivity contribution in [2.75, 3.05) is 11.5 Å². The summed E-state index contributed by atoms with van der Waals surface area (Å²) in [6.07, 6.45) is 0. The smallest absolute Gasteiger partial charge is 0.269 e. The van der Waals surface area contributed by atoms with Gasteiger partial charge in [0.25, 0.3) is 5.89 Å². The van der Waals surface area contributed by atoms with Crippen LogP contribution in [0.1, 0.15) is 23.6 Å². The van der Waals surface area contributed by atoms with Crippen LogP contribution in [-0.4, -0.2) is 26.9 Å². The molecule has 2 aromatic rings. The van der Waals surface area contributed by atoms with E-state index in [0.717, 1.165) is 16.5 Å². The second-order valence-electron chi connectivity index (χ2n) is 4.10. The van der Waals surface area contributed by atoms with Crippen LogP contribution < -0.4 is 0 Å². The summed E-state index contributed by atoms with van der Waals surface area (Å²) < 4.78 is 5.33. The maximum Gasteiger partial charge on any atom is 0.269 e. The summed E-state index contributed by atoms with van der Waals surface area (Å²) in [4.78, 5) is 5.25. The van der Waals surface area contributed by atoms with Gasteiger partial charge in [0.15, 0.2) is 5.82 Å². The number of nitrogens with zero attached hydrogens (tertiary/aromatic N) is 3. The zero-order valence-electron chi connectivity index (χ0n) is 10.2. The molecular formula is C12H11N3OS3. The first-order chi connectivity index (χ1) is 9.29. The van der Waals surface area contributed by atoms with Crippen molar-refractivity contribution < 1.29 is 4.52 Å². The van der Waals surface area contributed by atoms with E-state index in [4.69, 9.17) is 9.78 Å². The maximum atomic E-state index is 9.03. The Morgan fingerprint density at radius 3 is 3.05 bits per heavy atom. The van der Waals surface area contributed by atoms with Gasteiger partial charge in [-0.15, -0.1) is 23.1 Å². The molecule has 0 amide bonds. The van der Waals surface area contributed by atoms with Crippen molar-refractivity contribution in [3.05, 3.63) is 22.8 Å². The number of rotatable bonds is 2. The first-order valence-electron chi connectivity index (χ1n) is 5.84. The third-order valence-electron chi connectivity index (χ3n) is 2.86. The van der Waals surface area contributed by atoms with Crippen LogP contribution in [0.4, 0.5) is 0 Å². The number of thiophene rings is 1. The van der Waals surface area contributed by atoms with Crippen molar-refractivity contribution >= 4 is 34.9 Å². The Morgan fingerprint density at radius 1 is 1.42 bits per heavy atom. The lowest BCUT2D eigenvalue weighted by atomic mass is 10.3. The topological polar surface area (TPSA) is 62.7 Å². The van der Waals surface area contributed by atoms with E-state index in [9.17, 15) is 0 Å². The van der Waals surface area contributed by atoms with E-state index in [-0.39, 0.29) is 5.25 Å². The average molecular weight is 309 g/mol. The molecule has 1 fully saturated rings. The molecule has 3 heterocycles. The van der Waals surface area contributed by atoms with Gasteiger partial charge in [-0.3, -0.25) is 0 Å². The number of hydrogen-bond acceptors (Lipinski definition) is 7. The van der Waals surface area contributed by atoms with E-state index in [2.05, 4.69) is 23.1 Å². The lowest BCUT2D eigenvalue weighted by Crippen LogP contribution is -2.16. The van der Waals surface area contributed by atoms with Gasteiger partial charge in [0, 0.05) is 16.8 Å². The number of thioether (sulfide) groups is 2. The van der Waals surface area contributed by atoms with Gasteiger partial charge >= 0.3 is 0 Å². The molecule has 0 saturated carbocycles. The zero-order valence-corrected chi connectivity index (χ0v) is 12.6. The zero-order chi connectivity index (χ0) is 13.2. The molecule has 1 aliphatic heterocycles. The molecule has 0 spiro atoms. The number of aromatic nitrogens is 2. The summed E-state index contributed by atoms with van der Waals surface area (Å²) in [5.74, 6) is 3.50. The van der Waals surface area contributed by atoms with Crippen molar-refractivity contribution in [1.29, 1.82) is 5.26 Å². The summed E-state index contributed by atoms with van der Waals surface area (Å²) in [5, 5.41) is 15.8. The Labute approximate surface area is 123 Å². The molecule has 0 aliphatic carbocycles. The monoisotopic (exact) mass is 309 g/mol. The van der Waals surface area contributed by atoms with E-state index in [1.807, 2.05) is 28.9 Å². The van der Waals surface area contributed by atoms with Crippen molar-refractivity contribution in [1.82, 2.24) is 10.1 Å². The lowest BCUT2D eigenvalue weighted by Gasteiger charge is -2.24. The van der Waals surface area contributed by atoms with Crippen molar-refractivity contribution in [3.8, 4) is 16.8 Å². The van der Waals surface area contributed by atoms with Crippen molar-refractivity contribution in [3.63, 3.8) is 0 Å². The Hall–Kier alpha value is -0.970. The molecule has 0 bridgehead atoms. The first kappa shape index (κ1) is 13.0. The number of nitriles is 1. The van der Waals surface area contributed by atoms with Crippen molar-refractivity contribution in [2.45, 2.75) is 17.4 Å². The molecular weight excluding hydrogens is 298 g/mol. The normalized spacial score (nSPS) is 23.2. The second kappa shape index (κ2) is 5.57. The van der Waals surface area contributed by atoms with Crippen LogP contribution in [0.15, 0.2) is 16.0 Å².